The molecule has 8 heteroatoms. The van der Waals surface area contributed by atoms with Crippen LogP contribution in [0, 0.1) is 11.2 Å². The standard InChI is InChI=1S/C19H24FN5O2.H2/c1-11(2)27-17-6-13(15(21)7-14(17)20)19(22)16-8-18(24-10-23-16)25-4-5-26-9-12(25)3;/h6-8,10-12,22H,4-5,9,21H2,1-3H3;1H. The molecule has 27 heavy (non-hydrogen) atoms. The van der Waals surface area contributed by atoms with Crippen molar-refractivity contribution in [1.82, 2.24) is 9.97 Å². The lowest BCUT2D eigenvalue weighted by Crippen LogP contribution is -2.44. The van der Waals surface area contributed by atoms with Gasteiger partial charge in [-0.15, -0.1) is 0 Å². The predicted octanol–water partition coefficient (Wildman–Crippen LogP) is 2.87. The average molecular weight is 375 g/mol. The Bertz CT molecular complexity index is 849. The monoisotopic (exact) mass is 375 g/mol. The summed E-state index contributed by atoms with van der Waals surface area (Å²) in [6.45, 7) is 7.64. The Morgan fingerprint density at radius 1 is 1.41 bits per heavy atom. The molecule has 2 heterocycles. The number of ether oxygens (including phenoxy) is 2. The quantitative estimate of drug-likeness (QED) is 0.616. The molecule has 146 valence electrons. The summed E-state index contributed by atoms with van der Waals surface area (Å²) in [5.41, 5.74) is 6.98. The van der Waals surface area contributed by atoms with Crippen molar-refractivity contribution >= 4 is 17.2 Å². The minimum absolute atomic E-state index is 0. The number of nitrogens with one attached hydrogen (secondary N) is 1. The van der Waals surface area contributed by atoms with Crippen LogP contribution in [0.25, 0.3) is 0 Å². The summed E-state index contributed by atoms with van der Waals surface area (Å²) in [4.78, 5) is 10.7. The molecule has 1 fully saturated rings. The summed E-state index contributed by atoms with van der Waals surface area (Å²) in [6, 6.07) is 4.55. The lowest BCUT2D eigenvalue weighted by Gasteiger charge is -2.34. The van der Waals surface area contributed by atoms with Crippen molar-refractivity contribution in [2.75, 3.05) is 30.4 Å². The highest BCUT2D eigenvalue weighted by atomic mass is 19.1. The van der Waals surface area contributed by atoms with Crippen molar-refractivity contribution in [2.24, 2.45) is 0 Å². The number of halogens is 1. The van der Waals surface area contributed by atoms with E-state index in [0.717, 1.165) is 12.4 Å². The van der Waals surface area contributed by atoms with E-state index in [1.807, 2.05) is 0 Å². The summed E-state index contributed by atoms with van der Waals surface area (Å²) in [6.07, 6.45) is 1.23. The van der Waals surface area contributed by atoms with Crippen molar-refractivity contribution in [2.45, 2.75) is 32.9 Å². The maximum absolute atomic E-state index is 14.1. The third-order valence-corrected chi connectivity index (χ3v) is 4.31. The zero-order chi connectivity index (χ0) is 19.6. The van der Waals surface area contributed by atoms with Crippen LogP contribution < -0.4 is 15.4 Å². The molecule has 0 amide bonds. The molecule has 1 aromatic heterocycles. The molecule has 1 aliphatic heterocycles. The van der Waals surface area contributed by atoms with E-state index in [4.69, 9.17) is 20.6 Å². The summed E-state index contributed by atoms with van der Waals surface area (Å²) in [7, 11) is 0. The molecule has 0 radical (unpaired) electrons. The summed E-state index contributed by atoms with van der Waals surface area (Å²) >= 11 is 0. The number of morpholine rings is 1. The Kier molecular flexibility index (Phi) is 5.55. The topological polar surface area (TPSA) is 97.3 Å². The molecule has 0 aliphatic carbocycles. The normalized spacial score (nSPS) is 17.2. The Morgan fingerprint density at radius 3 is 2.89 bits per heavy atom. The fraction of sp³-hybridized carbons (Fsp3) is 0.421. The van der Waals surface area contributed by atoms with Crippen LogP contribution >= 0.6 is 0 Å². The Balaban J connectivity index is 0.00000280. The smallest absolute Gasteiger partial charge is 0.167 e. The molecular formula is C19H26FN5O2. The lowest BCUT2D eigenvalue weighted by molar-refractivity contribution is 0.0985. The van der Waals surface area contributed by atoms with E-state index in [2.05, 4.69) is 21.8 Å². The average Bonchev–Trinajstić information content (AvgIpc) is 2.63. The van der Waals surface area contributed by atoms with Gasteiger partial charge in [-0.3, -0.25) is 5.41 Å². The molecule has 7 nitrogen and oxygen atoms in total. The Labute approximate surface area is 159 Å². The number of benzene rings is 1. The fourth-order valence-electron chi connectivity index (χ4n) is 2.98. The van der Waals surface area contributed by atoms with Gasteiger partial charge in [-0.1, -0.05) is 0 Å². The van der Waals surface area contributed by atoms with Gasteiger partial charge in [0.1, 0.15) is 12.1 Å². The Hall–Kier alpha value is -2.74. The number of aromatic nitrogens is 2. The minimum atomic E-state index is -0.553. The van der Waals surface area contributed by atoms with Crippen LogP contribution in [0.1, 0.15) is 33.5 Å². The van der Waals surface area contributed by atoms with Crippen LogP contribution in [0.15, 0.2) is 24.5 Å². The Morgan fingerprint density at radius 2 is 2.19 bits per heavy atom. The van der Waals surface area contributed by atoms with Crippen molar-refractivity contribution in [3.05, 3.63) is 41.6 Å². The molecule has 3 N–H and O–H groups in total. The van der Waals surface area contributed by atoms with Gasteiger partial charge in [-0.25, -0.2) is 14.4 Å². The van der Waals surface area contributed by atoms with Crippen LogP contribution in [0.3, 0.4) is 0 Å². The molecule has 0 saturated carbocycles. The van der Waals surface area contributed by atoms with Crippen molar-refractivity contribution in [1.29, 1.82) is 5.41 Å². The van der Waals surface area contributed by atoms with Crippen LogP contribution in [0.5, 0.6) is 5.75 Å². The lowest BCUT2D eigenvalue weighted by atomic mass is 10.0. The van der Waals surface area contributed by atoms with E-state index in [1.54, 1.807) is 19.9 Å². The predicted molar refractivity (Wildman–Crippen MR) is 104 cm³/mol. The van der Waals surface area contributed by atoms with E-state index in [0.29, 0.717) is 24.5 Å². The molecule has 3 rings (SSSR count). The van der Waals surface area contributed by atoms with E-state index in [-0.39, 0.29) is 30.7 Å². The number of rotatable bonds is 5. The molecule has 0 bridgehead atoms. The highest BCUT2D eigenvalue weighted by Gasteiger charge is 2.22. The third kappa shape index (κ3) is 4.16. The summed E-state index contributed by atoms with van der Waals surface area (Å²) < 4.78 is 25.0. The molecule has 1 atom stereocenters. The third-order valence-electron chi connectivity index (χ3n) is 4.31. The fourth-order valence-corrected chi connectivity index (χ4v) is 2.98. The van der Waals surface area contributed by atoms with E-state index < -0.39 is 5.82 Å². The summed E-state index contributed by atoms with van der Waals surface area (Å²) in [5.74, 6) is 0.234. The first-order valence-electron chi connectivity index (χ1n) is 8.88. The SMILES string of the molecule is CC(C)Oc1cc(C(=N)c2cc(N3CCOCC3C)ncn2)c(N)cc1F.[HH]. The molecule has 1 aromatic carbocycles. The second-order valence-electron chi connectivity index (χ2n) is 6.79. The largest absolute Gasteiger partial charge is 0.488 e. The molecule has 1 unspecified atom stereocenters. The van der Waals surface area contributed by atoms with Gasteiger partial charge in [0.15, 0.2) is 11.6 Å². The van der Waals surface area contributed by atoms with E-state index in [9.17, 15) is 4.39 Å². The number of nitrogens with two attached hydrogens (primary N) is 1. The first-order valence-corrected chi connectivity index (χ1v) is 8.88. The highest BCUT2D eigenvalue weighted by molar-refractivity contribution is 6.13. The number of nitrogen functional groups attached to an aromatic ring is 1. The summed E-state index contributed by atoms with van der Waals surface area (Å²) in [5, 5.41) is 8.53. The van der Waals surface area contributed by atoms with Crippen LogP contribution in [0.4, 0.5) is 15.9 Å². The van der Waals surface area contributed by atoms with Crippen LogP contribution in [-0.4, -0.2) is 47.6 Å². The maximum Gasteiger partial charge on any atom is 0.167 e. The molecular weight excluding hydrogens is 349 g/mol. The van der Waals surface area contributed by atoms with Gasteiger partial charge in [-0.2, -0.15) is 0 Å². The van der Waals surface area contributed by atoms with Gasteiger partial charge in [0, 0.05) is 31.4 Å². The maximum atomic E-state index is 14.1. The van der Waals surface area contributed by atoms with E-state index >= 15 is 0 Å². The van der Waals surface area contributed by atoms with Gasteiger partial charge in [0.2, 0.25) is 0 Å². The highest BCUT2D eigenvalue weighted by Crippen LogP contribution is 2.27. The van der Waals surface area contributed by atoms with Gasteiger partial charge < -0.3 is 20.1 Å². The minimum Gasteiger partial charge on any atom is -0.488 e. The van der Waals surface area contributed by atoms with Gasteiger partial charge >= 0.3 is 0 Å². The molecule has 0 spiro atoms. The van der Waals surface area contributed by atoms with Gasteiger partial charge in [-0.05, 0) is 26.8 Å². The molecule has 2 aromatic rings. The molecule has 1 aliphatic rings. The van der Waals surface area contributed by atoms with Crippen molar-refractivity contribution in [3.63, 3.8) is 0 Å². The van der Waals surface area contributed by atoms with Crippen LogP contribution in [-0.2, 0) is 4.74 Å². The molecule has 1 saturated heterocycles. The van der Waals surface area contributed by atoms with Gasteiger partial charge in [0.25, 0.3) is 0 Å². The zero-order valence-corrected chi connectivity index (χ0v) is 15.7. The first kappa shape index (κ1) is 19.0. The number of hydrogen-bond donors (Lipinski definition) is 2. The van der Waals surface area contributed by atoms with Gasteiger partial charge in [0.05, 0.1) is 36.8 Å². The number of anilines is 2. The zero-order valence-electron chi connectivity index (χ0n) is 15.7. The van der Waals surface area contributed by atoms with Crippen molar-refractivity contribution in [3.8, 4) is 5.75 Å². The second-order valence-corrected chi connectivity index (χ2v) is 6.79. The second kappa shape index (κ2) is 7.87. The van der Waals surface area contributed by atoms with Crippen LogP contribution in [0.2, 0.25) is 0 Å². The number of nitrogens with zero attached hydrogens (tertiary/aromatic N) is 3. The first-order chi connectivity index (χ1) is 12.9. The van der Waals surface area contributed by atoms with E-state index in [1.165, 1.54) is 18.5 Å². The van der Waals surface area contributed by atoms with Crippen molar-refractivity contribution < 1.29 is 15.3 Å². The number of hydrogen-bond acceptors (Lipinski definition) is 7.